The van der Waals surface area contributed by atoms with E-state index in [9.17, 15) is 26.7 Å². The summed E-state index contributed by atoms with van der Waals surface area (Å²) in [5.41, 5.74) is 0.519. The fraction of sp³-hybridized carbons (Fsp3) is 0.364. The molecule has 192 valence electrons. The number of alkyl halides is 5. The summed E-state index contributed by atoms with van der Waals surface area (Å²) in [6.45, 7) is 1.81. The molecule has 3 saturated heterocycles. The van der Waals surface area contributed by atoms with Crippen LogP contribution in [0, 0.1) is 0 Å². The summed E-state index contributed by atoms with van der Waals surface area (Å²) in [5, 5.41) is 17.4. The number of hydrogen-bond donors (Lipinski definition) is 3. The molecule has 5 heterocycles. The summed E-state index contributed by atoms with van der Waals surface area (Å²) in [6, 6.07) is 8.61. The van der Waals surface area contributed by atoms with Gasteiger partial charge in [-0.05, 0) is 25.0 Å². The highest BCUT2D eigenvalue weighted by Crippen LogP contribution is 2.29. The van der Waals surface area contributed by atoms with Crippen LogP contribution in [0.4, 0.5) is 33.5 Å². The standard InChI is InChI=1S/C20H20F2N6O.C2HF3O2/c21-18(22)14-3-1-2-4-16(14)25-20(29)15-10-24-28-8-7-17(26-19(15)28)27-11-12-5-6-13(27)9-23-12;3-2(4,5)1(6)7/h1-4,7-8,10,12-13,18,23H,5-6,9,11H2,(H,25,29);(H,6,7). The lowest BCUT2D eigenvalue weighted by Gasteiger charge is -2.46. The first-order chi connectivity index (χ1) is 17.0. The van der Waals surface area contributed by atoms with Crippen molar-refractivity contribution in [2.24, 2.45) is 0 Å². The van der Waals surface area contributed by atoms with Gasteiger partial charge >= 0.3 is 12.1 Å². The molecule has 2 unspecified atom stereocenters. The number of carbonyl (C=O) groups excluding carboxylic acids is 1. The predicted octanol–water partition coefficient (Wildman–Crippen LogP) is 3.49. The van der Waals surface area contributed by atoms with Crippen LogP contribution in [0.15, 0.2) is 42.7 Å². The monoisotopic (exact) mass is 512 g/mol. The largest absolute Gasteiger partial charge is 0.490 e. The van der Waals surface area contributed by atoms with E-state index in [1.807, 2.05) is 6.07 Å². The van der Waals surface area contributed by atoms with Gasteiger partial charge in [0.25, 0.3) is 12.3 Å². The molecule has 3 N–H and O–H groups in total. The number of nitrogens with zero attached hydrogens (tertiary/aromatic N) is 4. The average molecular weight is 512 g/mol. The van der Waals surface area contributed by atoms with Gasteiger partial charge in [0.15, 0.2) is 5.65 Å². The van der Waals surface area contributed by atoms with E-state index in [2.05, 4.69) is 25.6 Å². The number of aliphatic carboxylic acids is 1. The maximum Gasteiger partial charge on any atom is 0.490 e. The molecular formula is C22H21F5N6O3. The number of hydrogen-bond acceptors (Lipinski definition) is 6. The number of aromatic nitrogens is 3. The van der Waals surface area contributed by atoms with Crippen molar-refractivity contribution in [3.05, 3.63) is 53.9 Å². The summed E-state index contributed by atoms with van der Waals surface area (Å²) < 4.78 is 59.7. The van der Waals surface area contributed by atoms with Crippen molar-refractivity contribution in [2.75, 3.05) is 23.3 Å². The van der Waals surface area contributed by atoms with Crippen molar-refractivity contribution in [3.8, 4) is 0 Å². The Morgan fingerprint density at radius 1 is 1.17 bits per heavy atom. The molecule has 0 spiro atoms. The lowest BCUT2D eigenvalue weighted by atomic mass is 9.93. The minimum Gasteiger partial charge on any atom is -0.475 e. The van der Waals surface area contributed by atoms with Gasteiger partial charge in [-0.3, -0.25) is 4.79 Å². The summed E-state index contributed by atoms with van der Waals surface area (Å²) in [7, 11) is 0. The van der Waals surface area contributed by atoms with Gasteiger partial charge in [-0.15, -0.1) is 0 Å². The molecule has 36 heavy (non-hydrogen) atoms. The van der Waals surface area contributed by atoms with Crippen LogP contribution in [0.25, 0.3) is 5.65 Å². The maximum absolute atomic E-state index is 13.2. The van der Waals surface area contributed by atoms with Crippen LogP contribution in [0.1, 0.15) is 35.2 Å². The van der Waals surface area contributed by atoms with Crippen molar-refractivity contribution in [2.45, 2.75) is 37.5 Å². The number of para-hydroxylation sites is 1. The molecular weight excluding hydrogens is 491 g/mol. The summed E-state index contributed by atoms with van der Waals surface area (Å²) in [6.07, 6.45) is -2.30. The minimum atomic E-state index is -5.08. The quantitative estimate of drug-likeness (QED) is 0.459. The van der Waals surface area contributed by atoms with Crippen LogP contribution >= 0.6 is 0 Å². The van der Waals surface area contributed by atoms with E-state index in [-0.39, 0.29) is 16.8 Å². The summed E-state index contributed by atoms with van der Waals surface area (Å²) in [5.74, 6) is -2.47. The first-order valence-electron chi connectivity index (χ1n) is 10.9. The number of fused-ring (bicyclic) bond motifs is 4. The van der Waals surface area contributed by atoms with Crippen molar-refractivity contribution in [1.82, 2.24) is 19.9 Å². The highest BCUT2D eigenvalue weighted by Gasteiger charge is 2.38. The third kappa shape index (κ3) is 5.37. The van der Waals surface area contributed by atoms with Crippen LogP contribution in [0.5, 0.6) is 0 Å². The summed E-state index contributed by atoms with van der Waals surface area (Å²) in [4.78, 5) is 28.7. The third-order valence-corrected chi connectivity index (χ3v) is 5.93. The van der Waals surface area contributed by atoms with Crippen LogP contribution in [0.2, 0.25) is 0 Å². The number of carboxylic acid groups (broad SMARTS) is 1. The molecule has 3 aliphatic heterocycles. The Balaban J connectivity index is 0.000000384. The van der Waals surface area contributed by atoms with Gasteiger partial charge < -0.3 is 20.6 Å². The van der Waals surface area contributed by atoms with Crippen molar-refractivity contribution >= 4 is 29.0 Å². The smallest absolute Gasteiger partial charge is 0.475 e. The predicted molar refractivity (Wildman–Crippen MR) is 118 cm³/mol. The topological polar surface area (TPSA) is 112 Å². The molecule has 6 rings (SSSR count). The molecule has 3 aromatic rings. The highest BCUT2D eigenvalue weighted by molar-refractivity contribution is 6.08. The molecule has 2 bridgehead atoms. The average Bonchev–Trinajstić information content (AvgIpc) is 3.28. The molecule has 9 nitrogen and oxygen atoms in total. The fourth-order valence-electron chi connectivity index (χ4n) is 4.16. The number of nitrogens with one attached hydrogen (secondary N) is 2. The molecule has 14 heteroatoms. The lowest BCUT2D eigenvalue weighted by molar-refractivity contribution is -0.192. The molecule has 3 aliphatic rings. The maximum atomic E-state index is 13.2. The van der Waals surface area contributed by atoms with E-state index >= 15 is 0 Å². The number of rotatable bonds is 4. The zero-order valence-corrected chi connectivity index (χ0v) is 18.5. The van der Waals surface area contributed by atoms with Crippen LogP contribution in [0.3, 0.4) is 0 Å². The van der Waals surface area contributed by atoms with Gasteiger partial charge in [0.2, 0.25) is 0 Å². The number of piperazine rings is 1. The van der Waals surface area contributed by atoms with Crippen LogP contribution in [-0.4, -0.2) is 62.9 Å². The van der Waals surface area contributed by atoms with Gasteiger partial charge in [0, 0.05) is 42.6 Å². The number of benzene rings is 1. The Morgan fingerprint density at radius 2 is 1.89 bits per heavy atom. The Hall–Kier alpha value is -3.81. The number of piperidine rings is 2. The first-order valence-corrected chi connectivity index (χ1v) is 10.9. The van der Waals surface area contributed by atoms with E-state index in [4.69, 9.17) is 9.90 Å². The van der Waals surface area contributed by atoms with Crippen LogP contribution in [-0.2, 0) is 4.79 Å². The first kappa shape index (κ1) is 25.3. The fourth-order valence-corrected chi connectivity index (χ4v) is 4.16. The van der Waals surface area contributed by atoms with E-state index in [1.165, 1.54) is 28.9 Å². The number of halogens is 5. The lowest BCUT2D eigenvalue weighted by Crippen LogP contribution is -2.61. The van der Waals surface area contributed by atoms with E-state index in [0.29, 0.717) is 17.7 Å². The molecule has 0 radical (unpaired) electrons. The second kappa shape index (κ2) is 10.0. The minimum absolute atomic E-state index is 0.0856. The van der Waals surface area contributed by atoms with E-state index in [0.717, 1.165) is 31.7 Å². The Labute approximate surface area is 200 Å². The second-order valence-electron chi connectivity index (χ2n) is 8.25. The van der Waals surface area contributed by atoms with Gasteiger partial charge in [-0.2, -0.15) is 18.3 Å². The number of carboxylic acids is 1. The molecule has 1 aromatic carbocycles. The number of carbonyl (C=O) groups is 2. The molecule has 1 amide bonds. The van der Waals surface area contributed by atoms with Crippen molar-refractivity contribution in [3.63, 3.8) is 0 Å². The molecule has 0 saturated carbocycles. The third-order valence-electron chi connectivity index (χ3n) is 5.93. The Bertz CT molecular complexity index is 1260. The van der Waals surface area contributed by atoms with E-state index < -0.39 is 24.5 Å². The van der Waals surface area contributed by atoms with Crippen molar-refractivity contribution in [1.29, 1.82) is 0 Å². The van der Waals surface area contributed by atoms with Gasteiger partial charge in [0.1, 0.15) is 11.4 Å². The van der Waals surface area contributed by atoms with Gasteiger partial charge in [0.05, 0.1) is 6.20 Å². The Morgan fingerprint density at radius 3 is 2.47 bits per heavy atom. The Kier molecular flexibility index (Phi) is 7.06. The van der Waals surface area contributed by atoms with Gasteiger partial charge in [-0.25, -0.2) is 23.1 Å². The second-order valence-corrected chi connectivity index (χ2v) is 8.25. The zero-order chi connectivity index (χ0) is 26.0. The summed E-state index contributed by atoms with van der Waals surface area (Å²) >= 11 is 0. The van der Waals surface area contributed by atoms with Crippen LogP contribution < -0.4 is 15.5 Å². The molecule has 2 aromatic heterocycles. The van der Waals surface area contributed by atoms with Gasteiger partial charge in [-0.1, -0.05) is 18.2 Å². The molecule has 0 aliphatic carbocycles. The number of anilines is 2. The molecule has 2 atom stereocenters. The highest BCUT2D eigenvalue weighted by atomic mass is 19.4. The van der Waals surface area contributed by atoms with Crippen molar-refractivity contribution < 1.29 is 36.6 Å². The zero-order valence-electron chi connectivity index (χ0n) is 18.5. The SMILES string of the molecule is O=C(Nc1ccccc1C(F)F)c1cnn2ccc(N3CC4CCC3CN4)nc12.O=C(O)C(F)(F)F. The van der Waals surface area contributed by atoms with E-state index in [1.54, 1.807) is 12.3 Å². The number of amides is 1. The normalized spacial score (nSPS) is 19.2. The molecule has 3 fully saturated rings.